The van der Waals surface area contributed by atoms with Crippen LogP contribution in [0.1, 0.15) is 16.2 Å². The Morgan fingerprint density at radius 3 is 2.81 bits per heavy atom. The monoisotopic (exact) mass is 290 g/mol. The number of aromatic carboxylic acids is 1. The van der Waals surface area contributed by atoms with E-state index in [1.54, 1.807) is 16.8 Å². The summed E-state index contributed by atoms with van der Waals surface area (Å²) in [5.41, 5.74) is 0.684. The zero-order chi connectivity index (χ0) is 15.1. The number of imidazole rings is 1. The summed E-state index contributed by atoms with van der Waals surface area (Å²) in [6, 6.07) is 1.38. The number of carbonyl (C=O) groups is 2. The van der Waals surface area contributed by atoms with Gasteiger partial charge < -0.3 is 20.3 Å². The van der Waals surface area contributed by atoms with Gasteiger partial charge in [0.25, 0.3) is 0 Å². The summed E-state index contributed by atoms with van der Waals surface area (Å²) in [4.78, 5) is 33.7. The largest absolute Gasteiger partial charge is 0.476 e. The van der Waals surface area contributed by atoms with Crippen LogP contribution in [0, 0.1) is 0 Å². The summed E-state index contributed by atoms with van der Waals surface area (Å²) in [5.74, 6) is -1.08. The van der Waals surface area contributed by atoms with Gasteiger partial charge in [-0.15, -0.1) is 0 Å². The number of hydrogen-bond donors (Lipinski definition) is 3. The number of carboxylic acids is 1. The SMILES string of the molecule is O=C(NCCn1cnc(C(=O)O)c1)NCc1ccncn1. The van der Waals surface area contributed by atoms with Crippen molar-refractivity contribution in [1.29, 1.82) is 0 Å². The third kappa shape index (κ3) is 4.56. The summed E-state index contributed by atoms with van der Waals surface area (Å²) in [5, 5.41) is 14.0. The van der Waals surface area contributed by atoms with Crippen molar-refractivity contribution in [1.82, 2.24) is 30.2 Å². The first-order valence-electron chi connectivity index (χ1n) is 6.17. The van der Waals surface area contributed by atoms with E-state index in [1.165, 1.54) is 18.9 Å². The van der Waals surface area contributed by atoms with Gasteiger partial charge in [-0.3, -0.25) is 0 Å². The molecule has 0 atom stereocenters. The number of nitrogens with zero attached hydrogens (tertiary/aromatic N) is 4. The molecule has 21 heavy (non-hydrogen) atoms. The topological polar surface area (TPSA) is 122 Å². The molecule has 0 aliphatic rings. The summed E-state index contributed by atoms with van der Waals surface area (Å²) >= 11 is 0. The quantitative estimate of drug-likeness (QED) is 0.681. The fourth-order valence-corrected chi connectivity index (χ4v) is 1.55. The number of carbonyl (C=O) groups excluding carboxylic acids is 1. The molecular weight excluding hydrogens is 276 g/mol. The van der Waals surface area contributed by atoms with Gasteiger partial charge in [0.15, 0.2) is 5.69 Å². The number of hydrogen-bond acceptors (Lipinski definition) is 5. The Labute approximate surface area is 120 Å². The second kappa shape index (κ2) is 6.98. The molecule has 0 bridgehead atoms. The summed E-state index contributed by atoms with van der Waals surface area (Å²) in [6.45, 7) is 1.09. The lowest BCUT2D eigenvalue weighted by Gasteiger charge is -2.07. The van der Waals surface area contributed by atoms with E-state index in [-0.39, 0.29) is 11.7 Å². The molecule has 0 unspecified atom stereocenters. The van der Waals surface area contributed by atoms with Gasteiger partial charge in [0.1, 0.15) is 6.33 Å². The van der Waals surface area contributed by atoms with Crippen molar-refractivity contribution >= 4 is 12.0 Å². The van der Waals surface area contributed by atoms with E-state index in [2.05, 4.69) is 25.6 Å². The van der Waals surface area contributed by atoms with Crippen LogP contribution < -0.4 is 10.6 Å². The van der Waals surface area contributed by atoms with E-state index in [0.29, 0.717) is 25.3 Å². The van der Waals surface area contributed by atoms with Crippen LogP contribution >= 0.6 is 0 Å². The Hall–Kier alpha value is -2.97. The minimum absolute atomic E-state index is 0.0248. The lowest BCUT2D eigenvalue weighted by Crippen LogP contribution is -2.36. The maximum atomic E-state index is 11.5. The fourth-order valence-electron chi connectivity index (χ4n) is 1.55. The van der Waals surface area contributed by atoms with Crippen LogP contribution in [0.3, 0.4) is 0 Å². The summed E-state index contributed by atoms with van der Waals surface area (Å²) in [6.07, 6.45) is 5.82. The number of aromatic nitrogens is 4. The van der Waals surface area contributed by atoms with Crippen molar-refractivity contribution in [3.8, 4) is 0 Å². The van der Waals surface area contributed by atoms with E-state index in [1.807, 2.05) is 0 Å². The standard InChI is InChI=1S/C12H14N6O3/c19-11(20)10-6-18(8-17-10)4-3-14-12(21)15-5-9-1-2-13-7-16-9/h1-2,6-8H,3-5H2,(H,19,20)(H2,14,15,21). The second-order valence-corrected chi connectivity index (χ2v) is 4.11. The van der Waals surface area contributed by atoms with Crippen molar-refractivity contribution in [2.24, 2.45) is 0 Å². The average molecular weight is 290 g/mol. The molecule has 110 valence electrons. The Bertz CT molecular complexity index is 612. The van der Waals surface area contributed by atoms with Crippen molar-refractivity contribution in [2.45, 2.75) is 13.1 Å². The van der Waals surface area contributed by atoms with Crippen molar-refractivity contribution in [3.05, 3.63) is 42.5 Å². The highest BCUT2D eigenvalue weighted by Crippen LogP contribution is 1.95. The van der Waals surface area contributed by atoms with E-state index in [4.69, 9.17) is 5.11 Å². The number of urea groups is 1. The maximum absolute atomic E-state index is 11.5. The molecule has 0 aliphatic carbocycles. The Balaban J connectivity index is 1.68. The van der Waals surface area contributed by atoms with Gasteiger partial charge in [-0.1, -0.05) is 0 Å². The molecule has 0 fully saturated rings. The number of carboxylic acid groups (broad SMARTS) is 1. The Morgan fingerprint density at radius 1 is 1.29 bits per heavy atom. The first-order chi connectivity index (χ1) is 10.1. The van der Waals surface area contributed by atoms with Crippen molar-refractivity contribution < 1.29 is 14.7 Å². The highest BCUT2D eigenvalue weighted by Gasteiger charge is 2.06. The normalized spacial score (nSPS) is 10.1. The highest BCUT2D eigenvalue weighted by molar-refractivity contribution is 5.84. The predicted octanol–water partition coefficient (Wildman–Crippen LogP) is -0.129. The Kier molecular flexibility index (Phi) is 4.80. The molecule has 2 rings (SSSR count). The molecule has 0 aromatic carbocycles. The van der Waals surface area contributed by atoms with Gasteiger partial charge in [0.2, 0.25) is 0 Å². The van der Waals surface area contributed by atoms with Crippen LogP contribution in [0.25, 0.3) is 0 Å². The lowest BCUT2D eigenvalue weighted by atomic mass is 10.4. The predicted molar refractivity (Wildman–Crippen MR) is 71.5 cm³/mol. The maximum Gasteiger partial charge on any atom is 0.356 e. The molecule has 2 heterocycles. The minimum atomic E-state index is -1.08. The molecule has 0 saturated heterocycles. The van der Waals surface area contributed by atoms with E-state index in [9.17, 15) is 9.59 Å². The van der Waals surface area contributed by atoms with Gasteiger partial charge in [-0.05, 0) is 6.07 Å². The molecule has 9 nitrogen and oxygen atoms in total. The van der Waals surface area contributed by atoms with Crippen LogP contribution in [-0.2, 0) is 13.1 Å². The number of nitrogens with one attached hydrogen (secondary N) is 2. The van der Waals surface area contributed by atoms with Crippen LogP contribution in [0.2, 0.25) is 0 Å². The Morgan fingerprint density at radius 2 is 2.14 bits per heavy atom. The molecule has 0 radical (unpaired) electrons. The third-order valence-electron chi connectivity index (χ3n) is 2.58. The minimum Gasteiger partial charge on any atom is -0.476 e. The highest BCUT2D eigenvalue weighted by atomic mass is 16.4. The average Bonchev–Trinajstić information content (AvgIpc) is 2.95. The zero-order valence-electron chi connectivity index (χ0n) is 11.1. The number of amides is 2. The first-order valence-corrected chi connectivity index (χ1v) is 6.17. The molecule has 9 heteroatoms. The van der Waals surface area contributed by atoms with Crippen molar-refractivity contribution in [3.63, 3.8) is 0 Å². The second-order valence-electron chi connectivity index (χ2n) is 4.11. The van der Waals surface area contributed by atoms with Gasteiger partial charge >= 0.3 is 12.0 Å². The van der Waals surface area contributed by atoms with Crippen LogP contribution in [-0.4, -0.2) is 43.2 Å². The molecule has 0 aliphatic heterocycles. The van der Waals surface area contributed by atoms with Gasteiger partial charge in [-0.25, -0.2) is 24.5 Å². The van der Waals surface area contributed by atoms with Crippen molar-refractivity contribution in [2.75, 3.05) is 6.54 Å². The zero-order valence-corrected chi connectivity index (χ0v) is 11.1. The van der Waals surface area contributed by atoms with Crippen LogP contribution in [0.15, 0.2) is 31.1 Å². The van der Waals surface area contributed by atoms with Gasteiger partial charge in [0.05, 0.1) is 18.6 Å². The molecule has 0 spiro atoms. The van der Waals surface area contributed by atoms with E-state index < -0.39 is 5.97 Å². The van der Waals surface area contributed by atoms with Crippen LogP contribution in [0.5, 0.6) is 0 Å². The van der Waals surface area contributed by atoms with Crippen LogP contribution in [0.4, 0.5) is 4.79 Å². The lowest BCUT2D eigenvalue weighted by molar-refractivity contribution is 0.0691. The molecular formula is C12H14N6O3. The van der Waals surface area contributed by atoms with E-state index >= 15 is 0 Å². The van der Waals surface area contributed by atoms with E-state index in [0.717, 1.165) is 0 Å². The fraction of sp³-hybridized carbons (Fsp3) is 0.250. The molecule has 2 amide bonds. The summed E-state index contributed by atoms with van der Waals surface area (Å²) in [7, 11) is 0. The molecule has 2 aromatic rings. The van der Waals surface area contributed by atoms with Gasteiger partial charge in [0, 0.05) is 25.5 Å². The molecule has 0 saturated carbocycles. The molecule has 3 N–H and O–H groups in total. The third-order valence-corrected chi connectivity index (χ3v) is 2.58. The smallest absolute Gasteiger partial charge is 0.356 e. The first kappa shape index (κ1) is 14.4. The number of rotatable bonds is 6. The van der Waals surface area contributed by atoms with Gasteiger partial charge in [-0.2, -0.15) is 0 Å². The molecule has 2 aromatic heterocycles. The summed E-state index contributed by atoms with van der Waals surface area (Å²) < 4.78 is 1.59.